The van der Waals surface area contributed by atoms with Gasteiger partial charge in [0.15, 0.2) is 5.65 Å². The number of methoxy groups -OCH3 is 1. The van der Waals surface area contributed by atoms with Crippen molar-refractivity contribution in [1.29, 1.82) is 0 Å². The average molecular weight is 365 g/mol. The second-order valence-corrected chi connectivity index (χ2v) is 5.84. The predicted molar refractivity (Wildman–Crippen MR) is 101 cm³/mol. The van der Waals surface area contributed by atoms with Crippen molar-refractivity contribution in [1.82, 2.24) is 19.9 Å². The zero-order valence-electron chi connectivity index (χ0n) is 14.9. The van der Waals surface area contributed by atoms with Crippen LogP contribution in [0.25, 0.3) is 11.7 Å². The van der Waals surface area contributed by atoms with Crippen molar-refractivity contribution in [3.63, 3.8) is 0 Å². The first-order valence-electron chi connectivity index (χ1n) is 8.28. The minimum absolute atomic E-state index is 0.325. The topological polar surface area (TPSA) is 97.6 Å². The van der Waals surface area contributed by atoms with E-state index in [4.69, 9.17) is 4.74 Å². The Morgan fingerprint density at radius 2 is 1.96 bits per heavy atom. The Hall–Kier alpha value is -3.68. The molecule has 0 saturated carbocycles. The van der Waals surface area contributed by atoms with Gasteiger partial charge in [0.1, 0.15) is 18.1 Å². The van der Waals surface area contributed by atoms with Crippen LogP contribution in [0.2, 0.25) is 0 Å². The highest BCUT2D eigenvalue weighted by molar-refractivity contribution is 5.99. The van der Waals surface area contributed by atoms with Crippen molar-refractivity contribution >= 4 is 29.2 Å². The Balaban J connectivity index is 1.54. The Bertz CT molecular complexity index is 978. The number of pyridine rings is 1. The molecule has 138 valence electrons. The Morgan fingerprint density at radius 1 is 1.19 bits per heavy atom. The third-order valence-electron chi connectivity index (χ3n) is 3.85. The molecule has 2 aromatic heterocycles. The number of benzene rings is 1. The van der Waals surface area contributed by atoms with Gasteiger partial charge in [-0.1, -0.05) is 12.1 Å². The highest BCUT2D eigenvalue weighted by Gasteiger charge is 2.14. The Morgan fingerprint density at radius 3 is 2.70 bits per heavy atom. The average Bonchev–Trinajstić information content (AvgIpc) is 3.14. The fraction of sp³-hybridized carbons (Fsp3) is 0.158. The molecule has 0 radical (unpaired) electrons. The number of nitrogens with one attached hydrogen (secondary N) is 2. The van der Waals surface area contributed by atoms with Crippen LogP contribution in [0, 0.1) is 0 Å². The van der Waals surface area contributed by atoms with E-state index in [0.29, 0.717) is 11.3 Å². The third-order valence-corrected chi connectivity index (χ3v) is 3.85. The lowest BCUT2D eigenvalue weighted by atomic mass is 10.2. The molecule has 2 N–H and O–H groups in total. The molecule has 0 saturated heterocycles. The van der Waals surface area contributed by atoms with Gasteiger partial charge in [-0.2, -0.15) is 0 Å². The summed E-state index contributed by atoms with van der Waals surface area (Å²) < 4.78 is 6.78. The fourth-order valence-corrected chi connectivity index (χ4v) is 2.37. The quantitative estimate of drug-likeness (QED) is 0.650. The van der Waals surface area contributed by atoms with Crippen molar-refractivity contribution in [3.05, 3.63) is 60.6 Å². The van der Waals surface area contributed by atoms with Gasteiger partial charge in [0.2, 0.25) is 11.8 Å². The summed E-state index contributed by atoms with van der Waals surface area (Å²) in [4.78, 5) is 24.3. The van der Waals surface area contributed by atoms with E-state index in [1.54, 1.807) is 61.3 Å². The summed E-state index contributed by atoms with van der Waals surface area (Å²) in [6.07, 6.45) is 6.29. The molecule has 2 amide bonds. The molecular formula is C19H19N5O3. The lowest BCUT2D eigenvalue weighted by Gasteiger charge is -2.13. The number of aromatic nitrogens is 3. The van der Waals surface area contributed by atoms with E-state index in [1.165, 1.54) is 6.08 Å². The molecule has 1 aromatic carbocycles. The van der Waals surface area contributed by atoms with Crippen LogP contribution in [-0.4, -0.2) is 39.6 Å². The van der Waals surface area contributed by atoms with E-state index in [0.717, 1.165) is 11.3 Å². The monoisotopic (exact) mass is 365 g/mol. The zero-order valence-corrected chi connectivity index (χ0v) is 14.9. The van der Waals surface area contributed by atoms with E-state index < -0.39 is 6.04 Å². The minimum Gasteiger partial charge on any atom is -0.497 e. The molecule has 0 aliphatic heterocycles. The van der Waals surface area contributed by atoms with Crippen molar-refractivity contribution in [2.24, 2.45) is 0 Å². The fourth-order valence-electron chi connectivity index (χ4n) is 2.37. The lowest BCUT2D eigenvalue weighted by molar-refractivity contribution is -0.123. The normalized spacial score (nSPS) is 12.1. The number of amides is 2. The molecule has 3 aromatic rings. The van der Waals surface area contributed by atoms with Crippen LogP contribution in [0.5, 0.6) is 5.75 Å². The van der Waals surface area contributed by atoms with Gasteiger partial charge in [-0.3, -0.25) is 14.0 Å². The summed E-state index contributed by atoms with van der Waals surface area (Å²) in [6.45, 7) is 1.62. The molecule has 0 spiro atoms. The maximum atomic E-state index is 12.3. The van der Waals surface area contributed by atoms with Gasteiger partial charge >= 0.3 is 0 Å². The molecule has 8 nitrogen and oxygen atoms in total. The first kappa shape index (κ1) is 18.1. The van der Waals surface area contributed by atoms with Crippen molar-refractivity contribution in [2.45, 2.75) is 13.0 Å². The van der Waals surface area contributed by atoms with Gasteiger partial charge < -0.3 is 15.4 Å². The van der Waals surface area contributed by atoms with Gasteiger partial charge in [0.05, 0.1) is 12.8 Å². The van der Waals surface area contributed by atoms with Crippen LogP contribution in [0.4, 0.5) is 5.69 Å². The second kappa shape index (κ2) is 8.13. The maximum Gasteiger partial charge on any atom is 0.246 e. The third kappa shape index (κ3) is 4.69. The van der Waals surface area contributed by atoms with Crippen molar-refractivity contribution in [2.75, 3.05) is 12.4 Å². The first-order chi connectivity index (χ1) is 13.0. The summed E-state index contributed by atoms with van der Waals surface area (Å²) in [5.74, 6) is 0.0582. The molecule has 0 aliphatic carbocycles. The van der Waals surface area contributed by atoms with Gasteiger partial charge in [-0.15, -0.1) is 10.2 Å². The molecule has 8 heteroatoms. The Labute approximate surface area is 155 Å². The molecule has 0 bridgehead atoms. The van der Waals surface area contributed by atoms with E-state index in [1.807, 2.05) is 12.1 Å². The van der Waals surface area contributed by atoms with E-state index >= 15 is 0 Å². The van der Waals surface area contributed by atoms with Gasteiger partial charge in [-0.25, -0.2) is 0 Å². The summed E-state index contributed by atoms with van der Waals surface area (Å²) in [6, 6.07) is 10.0. The van der Waals surface area contributed by atoms with Crippen LogP contribution < -0.4 is 15.4 Å². The molecule has 27 heavy (non-hydrogen) atoms. The number of rotatable bonds is 6. The van der Waals surface area contributed by atoms with E-state index in [9.17, 15) is 9.59 Å². The summed E-state index contributed by atoms with van der Waals surface area (Å²) in [7, 11) is 1.59. The highest BCUT2D eigenvalue weighted by Crippen LogP contribution is 2.12. The number of hydrogen-bond donors (Lipinski definition) is 2. The number of nitrogens with zero attached hydrogens (tertiary/aromatic N) is 3. The summed E-state index contributed by atoms with van der Waals surface area (Å²) in [5.41, 5.74) is 2.12. The van der Waals surface area contributed by atoms with E-state index in [-0.39, 0.29) is 11.8 Å². The standard InChI is InChI=1S/C19H19N5O3/c1-13(19(26)22-15-6-9-17-23-20-12-24(17)11-15)21-18(25)10-5-14-3-7-16(27-2)8-4-14/h3-13H,1-2H3,(H,21,25)(H,22,26). The van der Waals surface area contributed by atoms with Crippen molar-refractivity contribution in [3.8, 4) is 5.75 Å². The molecule has 3 rings (SSSR count). The molecule has 0 aliphatic rings. The summed E-state index contributed by atoms with van der Waals surface area (Å²) in [5, 5.41) is 13.1. The molecule has 2 heterocycles. The molecular weight excluding hydrogens is 346 g/mol. The Kier molecular flexibility index (Phi) is 5.46. The van der Waals surface area contributed by atoms with Crippen LogP contribution >= 0.6 is 0 Å². The number of carbonyl (C=O) groups excluding carboxylic acids is 2. The number of hydrogen-bond acceptors (Lipinski definition) is 5. The van der Waals surface area contributed by atoms with Gasteiger partial charge in [-0.05, 0) is 42.8 Å². The zero-order chi connectivity index (χ0) is 19.2. The molecule has 1 atom stereocenters. The molecule has 1 unspecified atom stereocenters. The largest absolute Gasteiger partial charge is 0.497 e. The van der Waals surface area contributed by atoms with Crippen molar-refractivity contribution < 1.29 is 14.3 Å². The van der Waals surface area contributed by atoms with Crippen LogP contribution in [0.3, 0.4) is 0 Å². The van der Waals surface area contributed by atoms with Crippen LogP contribution in [-0.2, 0) is 9.59 Å². The second-order valence-electron chi connectivity index (χ2n) is 5.84. The highest BCUT2D eigenvalue weighted by atomic mass is 16.5. The smallest absolute Gasteiger partial charge is 0.246 e. The predicted octanol–water partition coefficient (Wildman–Crippen LogP) is 1.89. The lowest BCUT2D eigenvalue weighted by Crippen LogP contribution is -2.40. The number of fused-ring (bicyclic) bond motifs is 1. The molecule has 0 fully saturated rings. The van der Waals surface area contributed by atoms with Crippen LogP contribution in [0.15, 0.2) is 55.0 Å². The maximum absolute atomic E-state index is 12.3. The van der Waals surface area contributed by atoms with Gasteiger partial charge in [0, 0.05) is 12.3 Å². The van der Waals surface area contributed by atoms with E-state index in [2.05, 4.69) is 20.8 Å². The van der Waals surface area contributed by atoms with Crippen LogP contribution in [0.1, 0.15) is 12.5 Å². The first-order valence-corrected chi connectivity index (χ1v) is 8.28. The number of ether oxygens (including phenoxy) is 1. The minimum atomic E-state index is -0.699. The summed E-state index contributed by atoms with van der Waals surface area (Å²) >= 11 is 0. The van der Waals surface area contributed by atoms with Gasteiger partial charge in [0.25, 0.3) is 0 Å². The number of carbonyl (C=O) groups is 2. The number of anilines is 1. The SMILES string of the molecule is COc1ccc(C=CC(=O)NC(C)C(=O)Nc2ccc3nncn3c2)cc1.